The Hall–Kier alpha value is -2.93. The molecule has 0 bridgehead atoms. The van der Waals surface area contributed by atoms with Gasteiger partial charge in [0.2, 0.25) is 0 Å². The van der Waals surface area contributed by atoms with Crippen LogP contribution in [-0.2, 0) is 13.1 Å². The number of hydrogen-bond acceptors (Lipinski definition) is 5. The lowest BCUT2D eigenvalue weighted by Gasteiger charge is -2.30. The molecule has 0 radical (unpaired) electrons. The maximum Gasteiger partial charge on any atom is 0.256 e. The minimum atomic E-state index is -0.158. The van der Waals surface area contributed by atoms with Crippen molar-refractivity contribution in [3.63, 3.8) is 0 Å². The van der Waals surface area contributed by atoms with E-state index >= 15 is 0 Å². The molecule has 0 spiro atoms. The van der Waals surface area contributed by atoms with Gasteiger partial charge in [0, 0.05) is 25.3 Å². The maximum atomic E-state index is 12.4. The Bertz CT molecular complexity index is 1040. The van der Waals surface area contributed by atoms with Crippen LogP contribution in [0.2, 0.25) is 0 Å². The fourth-order valence-corrected chi connectivity index (χ4v) is 3.98. The summed E-state index contributed by atoms with van der Waals surface area (Å²) in [4.78, 5) is 19.6. The van der Waals surface area contributed by atoms with Gasteiger partial charge in [0.1, 0.15) is 11.4 Å². The molecule has 3 heterocycles. The Morgan fingerprint density at radius 1 is 1.19 bits per heavy atom. The number of benzene rings is 1. The quantitative estimate of drug-likeness (QED) is 0.609. The summed E-state index contributed by atoms with van der Waals surface area (Å²) in [6.07, 6.45) is 5.97. The summed E-state index contributed by atoms with van der Waals surface area (Å²) in [5, 5.41) is 10.5. The van der Waals surface area contributed by atoms with Gasteiger partial charge in [0.15, 0.2) is 5.65 Å². The highest BCUT2D eigenvalue weighted by Crippen LogP contribution is 2.19. The topological polar surface area (TPSA) is 74.6 Å². The van der Waals surface area contributed by atoms with Crippen LogP contribution >= 0.6 is 0 Å². The van der Waals surface area contributed by atoms with Crippen molar-refractivity contribution in [1.82, 2.24) is 24.8 Å². The monoisotopic (exact) mass is 420 g/mol. The molecule has 0 saturated carbocycles. The van der Waals surface area contributed by atoms with Crippen LogP contribution in [0.3, 0.4) is 0 Å². The molecule has 0 aliphatic carbocycles. The molecule has 31 heavy (non-hydrogen) atoms. The van der Waals surface area contributed by atoms with Crippen molar-refractivity contribution in [2.24, 2.45) is 5.92 Å². The van der Waals surface area contributed by atoms with Gasteiger partial charge in [-0.05, 0) is 62.9 Å². The van der Waals surface area contributed by atoms with Crippen LogP contribution in [0.25, 0.3) is 5.65 Å². The van der Waals surface area contributed by atoms with Gasteiger partial charge in [-0.25, -0.2) is 9.50 Å². The fraction of sp³-hybridized carbons (Fsp3) is 0.458. The van der Waals surface area contributed by atoms with Crippen LogP contribution in [0.15, 0.2) is 42.7 Å². The van der Waals surface area contributed by atoms with E-state index in [0.717, 1.165) is 18.3 Å². The Morgan fingerprint density at radius 3 is 2.74 bits per heavy atom. The SMILES string of the molecule is CC1CCN(Cc2cccc(CNc3ccn4ncc(C(=O)NC(C)C)c4n3)c2)CC1. The van der Waals surface area contributed by atoms with Gasteiger partial charge >= 0.3 is 0 Å². The summed E-state index contributed by atoms with van der Waals surface area (Å²) in [7, 11) is 0. The zero-order valence-electron chi connectivity index (χ0n) is 18.6. The van der Waals surface area contributed by atoms with Gasteiger partial charge in [0.25, 0.3) is 5.91 Å². The number of hydrogen-bond donors (Lipinski definition) is 2. The summed E-state index contributed by atoms with van der Waals surface area (Å²) in [5.74, 6) is 1.42. The molecular weight excluding hydrogens is 388 g/mol. The van der Waals surface area contributed by atoms with Crippen molar-refractivity contribution in [3.05, 3.63) is 59.4 Å². The van der Waals surface area contributed by atoms with Gasteiger partial charge in [-0.3, -0.25) is 9.69 Å². The molecule has 1 fully saturated rings. The van der Waals surface area contributed by atoms with Crippen LogP contribution < -0.4 is 10.6 Å². The van der Waals surface area contributed by atoms with Crippen molar-refractivity contribution in [2.75, 3.05) is 18.4 Å². The van der Waals surface area contributed by atoms with Crippen LogP contribution in [0.4, 0.5) is 5.82 Å². The van der Waals surface area contributed by atoms with E-state index in [2.05, 4.69) is 56.8 Å². The number of aromatic nitrogens is 3. The van der Waals surface area contributed by atoms with Crippen LogP contribution in [0.5, 0.6) is 0 Å². The molecule has 1 aliphatic rings. The molecule has 2 aromatic heterocycles. The number of nitrogens with one attached hydrogen (secondary N) is 2. The molecule has 0 atom stereocenters. The Morgan fingerprint density at radius 2 is 1.97 bits per heavy atom. The highest BCUT2D eigenvalue weighted by molar-refractivity contribution is 5.99. The number of likely N-dealkylation sites (tertiary alicyclic amines) is 1. The van der Waals surface area contributed by atoms with Crippen molar-refractivity contribution >= 4 is 17.4 Å². The second-order valence-electron chi connectivity index (χ2n) is 8.90. The van der Waals surface area contributed by atoms with E-state index in [1.807, 2.05) is 26.1 Å². The molecular formula is C24H32N6O. The molecule has 4 rings (SSSR count). The van der Waals surface area contributed by atoms with E-state index in [1.54, 1.807) is 10.7 Å². The van der Waals surface area contributed by atoms with E-state index in [0.29, 0.717) is 17.8 Å². The standard InChI is InChI=1S/C24H32N6O/c1-17(2)27-24(31)21-15-26-30-12-9-22(28-23(21)30)25-14-19-5-4-6-20(13-19)16-29-10-7-18(3)8-11-29/h4-6,9,12-13,15,17-18H,7-8,10-11,14,16H2,1-3H3,(H,25,28)(H,27,31). The van der Waals surface area contributed by atoms with Crippen molar-refractivity contribution in [3.8, 4) is 0 Å². The predicted molar refractivity (Wildman–Crippen MR) is 123 cm³/mol. The average molecular weight is 421 g/mol. The molecule has 164 valence electrons. The summed E-state index contributed by atoms with van der Waals surface area (Å²) < 4.78 is 1.63. The van der Waals surface area contributed by atoms with Gasteiger partial charge < -0.3 is 10.6 Å². The van der Waals surface area contributed by atoms with Gasteiger partial charge in [0.05, 0.1) is 6.20 Å². The largest absolute Gasteiger partial charge is 0.366 e. The van der Waals surface area contributed by atoms with Crippen molar-refractivity contribution < 1.29 is 4.79 Å². The zero-order chi connectivity index (χ0) is 21.8. The first-order chi connectivity index (χ1) is 15.0. The first kappa shape index (κ1) is 21.3. The number of carbonyl (C=O) groups is 1. The average Bonchev–Trinajstić information content (AvgIpc) is 3.17. The maximum absolute atomic E-state index is 12.4. The first-order valence-corrected chi connectivity index (χ1v) is 11.2. The molecule has 0 unspecified atom stereocenters. The molecule has 1 aromatic carbocycles. The van der Waals surface area contributed by atoms with Crippen LogP contribution in [-0.4, -0.2) is 44.5 Å². The second kappa shape index (κ2) is 9.47. The van der Waals surface area contributed by atoms with Crippen molar-refractivity contribution in [1.29, 1.82) is 0 Å². The fourth-order valence-electron chi connectivity index (χ4n) is 3.98. The molecule has 7 heteroatoms. The summed E-state index contributed by atoms with van der Waals surface area (Å²) >= 11 is 0. The Kier molecular flexibility index (Phi) is 6.51. The van der Waals surface area contributed by atoms with E-state index < -0.39 is 0 Å². The minimum Gasteiger partial charge on any atom is -0.366 e. The number of amides is 1. The third kappa shape index (κ3) is 5.41. The molecule has 2 N–H and O–H groups in total. The predicted octanol–water partition coefficient (Wildman–Crippen LogP) is 3.71. The van der Waals surface area contributed by atoms with E-state index in [1.165, 1.54) is 37.1 Å². The highest BCUT2D eigenvalue weighted by atomic mass is 16.1. The number of rotatable bonds is 7. The highest BCUT2D eigenvalue weighted by Gasteiger charge is 2.16. The Balaban J connectivity index is 1.41. The lowest BCUT2D eigenvalue weighted by molar-refractivity contribution is 0.0944. The number of anilines is 1. The first-order valence-electron chi connectivity index (χ1n) is 11.2. The van der Waals surface area contributed by atoms with Crippen LogP contribution in [0.1, 0.15) is 55.1 Å². The van der Waals surface area contributed by atoms with Gasteiger partial charge in [-0.15, -0.1) is 0 Å². The van der Waals surface area contributed by atoms with Gasteiger partial charge in [-0.2, -0.15) is 5.10 Å². The van der Waals surface area contributed by atoms with E-state index in [9.17, 15) is 4.79 Å². The summed E-state index contributed by atoms with van der Waals surface area (Å²) in [5.41, 5.74) is 3.60. The zero-order valence-corrected chi connectivity index (χ0v) is 18.6. The summed E-state index contributed by atoms with van der Waals surface area (Å²) in [6.45, 7) is 10.3. The normalized spacial score (nSPS) is 15.5. The number of carbonyl (C=O) groups excluding carboxylic acids is 1. The molecule has 1 saturated heterocycles. The van der Waals surface area contributed by atoms with E-state index in [-0.39, 0.29) is 11.9 Å². The Labute approximate surface area is 183 Å². The van der Waals surface area contributed by atoms with Gasteiger partial charge in [-0.1, -0.05) is 31.2 Å². The van der Waals surface area contributed by atoms with Crippen LogP contribution in [0, 0.1) is 5.92 Å². The lowest BCUT2D eigenvalue weighted by atomic mass is 9.98. The molecule has 7 nitrogen and oxygen atoms in total. The molecule has 1 aliphatic heterocycles. The molecule has 1 amide bonds. The van der Waals surface area contributed by atoms with E-state index in [4.69, 9.17) is 0 Å². The number of piperidine rings is 1. The third-order valence-electron chi connectivity index (χ3n) is 5.78. The third-order valence-corrected chi connectivity index (χ3v) is 5.78. The minimum absolute atomic E-state index is 0.0596. The van der Waals surface area contributed by atoms with Crippen molar-refractivity contribution in [2.45, 2.75) is 52.7 Å². The lowest BCUT2D eigenvalue weighted by Crippen LogP contribution is -2.32. The number of nitrogens with zero attached hydrogens (tertiary/aromatic N) is 4. The number of fused-ring (bicyclic) bond motifs is 1. The second-order valence-corrected chi connectivity index (χ2v) is 8.90. The smallest absolute Gasteiger partial charge is 0.256 e. The molecule has 3 aromatic rings. The summed E-state index contributed by atoms with van der Waals surface area (Å²) in [6, 6.07) is 10.7.